The number of nitrogens with zero attached hydrogens (tertiary/aromatic N) is 4. The molecule has 0 bridgehead atoms. The van der Waals surface area contributed by atoms with E-state index in [0.29, 0.717) is 13.2 Å². The summed E-state index contributed by atoms with van der Waals surface area (Å²) in [7, 11) is -3.47. The van der Waals surface area contributed by atoms with Crippen LogP contribution in [0.1, 0.15) is 0 Å². The van der Waals surface area contributed by atoms with Gasteiger partial charge in [0.1, 0.15) is 12.1 Å². The lowest BCUT2D eigenvalue weighted by molar-refractivity contribution is 0.122. The Balaban J connectivity index is 1.78. The van der Waals surface area contributed by atoms with E-state index in [1.54, 1.807) is 18.6 Å². The second-order valence-electron chi connectivity index (χ2n) is 6.47. The monoisotopic (exact) mass is 419 g/mol. The molecule has 1 saturated heterocycles. The minimum absolute atomic E-state index is 0.0901. The molecule has 2 aromatic heterocycles. The quantitative estimate of drug-likeness (QED) is 0.649. The molecule has 0 amide bonds. The average Bonchev–Trinajstić information content (AvgIpc) is 2.68. The number of aromatic nitrogens is 3. The molecule has 0 aliphatic carbocycles. The fourth-order valence-corrected chi connectivity index (χ4v) is 3.89. The van der Waals surface area contributed by atoms with Crippen LogP contribution in [-0.2, 0) is 14.8 Å². The maximum absolute atomic E-state index is 11.6. The van der Waals surface area contributed by atoms with Crippen LogP contribution < -0.4 is 9.62 Å². The molecule has 0 radical (unpaired) electrons. The minimum atomic E-state index is -3.47. The topological polar surface area (TPSA) is 97.3 Å². The van der Waals surface area contributed by atoms with Gasteiger partial charge < -0.3 is 9.64 Å². The molecular weight excluding hydrogens is 402 g/mol. The second kappa shape index (κ2) is 7.50. The minimum Gasteiger partial charge on any atom is -0.378 e. The summed E-state index contributed by atoms with van der Waals surface area (Å²) in [5.41, 5.74) is 2.66. The molecule has 1 aliphatic rings. The summed E-state index contributed by atoms with van der Waals surface area (Å²) >= 11 is 6.03. The Morgan fingerprint density at radius 1 is 1.11 bits per heavy atom. The number of ether oxygens (including phenoxy) is 1. The normalized spacial score (nSPS) is 15.0. The van der Waals surface area contributed by atoms with E-state index in [1.807, 2.05) is 18.2 Å². The molecule has 28 heavy (non-hydrogen) atoms. The molecule has 146 valence electrons. The summed E-state index contributed by atoms with van der Waals surface area (Å²) in [4.78, 5) is 15.1. The average molecular weight is 420 g/mol. The highest BCUT2D eigenvalue weighted by molar-refractivity contribution is 7.92. The Bertz CT molecular complexity index is 1130. The van der Waals surface area contributed by atoms with E-state index in [4.69, 9.17) is 16.3 Å². The standard InChI is InChI=1S/C18H18ClN5O3S/c1-28(25,26)23-16-9-13(10-20-17(16)19)12-2-3-15-14(8-12)18(22-11-21-15)24-4-6-27-7-5-24/h2-3,8-11,23H,4-7H2,1H3. The molecule has 0 saturated carbocycles. The van der Waals surface area contributed by atoms with E-state index in [-0.39, 0.29) is 10.8 Å². The van der Waals surface area contributed by atoms with Crippen molar-refractivity contribution in [3.63, 3.8) is 0 Å². The maximum Gasteiger partial charge on any atom is 0.229 e. The Morgan fingerprint density at radius 2 is 1.89 bits per heavy atom. The third kappa shape index (κ3) is 4.01. The fraction of sp³-hybridized carbons (Fsp3) is 0.278. The van der Waals surface area contributed by atoms with Gasteiger partial charge in [0.2, 0.25) is 10.0 Å². The summed E-state index contributed by atoms with van der Waals surface area (Å²) < 4.78 is 31.0. The van der Waals surface area contributed by atoms with Gasteiger partial charge in [-0.15, -0.1) is 0 Å². The first-order valence-electron chi connectivity index (χ1n) is 8.62. The van der Waals surface area contributed by atoms with Crippen molar-refractivity contribution in [1.29, 1.82) is 0 Å². The van der Waals surface area contributed by atoms with E-state index in [1.165, 1.54) is 0 Å². The Kier molecular flexibility index (Phi) is 5.05. The zero-order valence-corrected chi connectivity index (χ0v) is 16.7. The lowest BCUT2D eigenvalue weighted by Crippen LogP contribution is -2.36. The molecule has 1 aromatic carbocycles. The number of fused-ring (bicyclic) bond motifs is 1. The number of benzene rings is 1. The highest BCUT2D eigenvalue weighted by Gasteiger charge is 2.17. The number of rotatable bonds is 4. The molecule has 3 heterocycles. The van der Waals surface area contributed by atoms with Crippen LogP contribution in [0.3, 0.4) is 0 Å². The van der Waals surface area contributed by atoms with Crippen molar-refractivity contribution in [2.45, 2.75) is 0 Å². The number of hydrogen-bond acceptors (Lipinski definition) is 7. The summed E-state index contributed by atoms with van der Waals surface area (Å²) in [5.74, 6) is 0.853. The van der Waals surface area contributed by atoms with E-state index >= 15 is 0 Å². The van der Waals surface area contributed by atoms with Crippen LogP contribution in [-0.4, -0.2) is 55.9 Å². The van der Waals surface area contributed by atoms with Gasteiger partial charge in [-0.1, -0.05) is 17.7 Å². The van der Waals surface area contributed by atoms with Crippen molar-refractivity contribution in [2.24, 2.45) is 0 Å². The van der Waals surface area contributed by atoms with Gasteiger partial charge >= 0.3 is 0 Å². The van der Waals surface area contributed by atoms with Gasteiger partial charge in [0.25, 0.3) is 0 Å². The molecule has 0 spiro atoms. The summed E-state index contributed by atoms with van der Waals surface area (Å²) in [6.45, 7) is 2.85. The van der Waals surface area contributed by atoms with Crippen LogP contribution in [0.25, 0.3) is 22.0 Å². The van der Waals surface area contributed by atoms with Crippen molar-refractivity contribution in [3.05, 3.63) is 41.9 Å². The van der Waals surface area contributed by atoms with Crippen molar-refractivity contribution < 1.29 is 13.2 Å². The van der Waals surface area contributed by atoms with Crippen LogP contribution in [0.2, 0.25) is 5.15 Å². The van der Waals surface area contributed by atoms with Crippen LogP contribution >= 0.6 is 11.6 Å². The zero-order valence-electron chi connectivity index (χ0n) is 15.1. The van der Waals surface area contributed by atoms with Crippen LogP contribution in [0.5, 0.6) is 0 Å². The number of sulfonamides is 1. The molecule has 3 aromatic rings. The largest absolute Gasteiger partial charge is 0.378 e. The summed E-state index contributed by atoms with van der Waals surface area (Å²) in [6.07, 6.45) is 4.23. The number of halogens is 1. The number of morpholine rings is 1. The number of pyridine rings is 1. The van der Waals surface area contributed by atoms with Gasteiger partial charge in [0.15, 0.2) is 5.15 Å². The van der Waals surface area contributed by atoms with Crippen molar-refractivity contribution in [2.75, 3.05) is 42.2 Å². The van der Waals surface area contributed by atoms with Gasteiger partial charge in [-0.05, 0) is 23.8 Å². The molecule has 1 aliphatic heterocycles. The van der Waals surface area contributed by atoms with E-state index in [0.717, 1.165) is 47.2 Å². The molecule has 1 N–H and O–H groups in total. The highest BCUT2D eigenvalue weighted by atomic mass is 35.5. The lowest BCUT2D eigenvalue weighted by atomic mass is 10.0. The Morgan fingerprint density at radius 3 is 2.64 bits per heavy atom. The van der Waals surface area contributed by atoms with Crippen molar-refractivity contribution in [1.82, 2.24) is 15.0 Å². The summed E-state index contributed by atoms with van der Waals surface area (Å²) in [5, 5.41) is 1.00. The van der Waals surface area contributed by atoms with Gasteiger partial charge in [0, 0.05) is 30.2 Å². The number of nitrogens with one attached hydrogen (secondary N) is 1. The molecule has 4 rings (SSSR count). The van der Waals surface area contributed by atoms with Crippen LogP contribution in [0.4, 0.5) is 11.5 Å². The maximum atomic E-state index is 11.6. The Labute approximate surface area is 167 Å². The van der Waals surface area contributed by atoms with Crippen molar-refractivity contribution >= 4 is 44.0 Å². The van der Waals surface area contributed by atoms with Gasteiger partial charge in [0.05, 0.1) is 30.7 Å². The van der Waals surface area contributed by atoms with Gasteiger partial charge in [-0.2, -0.15) is 0 Å². The van der Waals surface area contributed by atoms with Crippen molar-refractivity contribution in [3.8, 4) is 11.1 Å². The molecule has 0 unspecified atom stereocenters. The van der Waals surface area contributed by atoms with E-state index < -0.39 is 10.0 Å². The Hall–Kier alpha value is -2.49. The number of hydrogen-bond donors (Lipinski definition) is 1. The molecule has 10 heteroatoms. The third-order valence-electron chi connectivity index (χ3n) is 4.39. The molecule has 0 atom stereocenters. The number of anilines is 2. The van der Waals surface area contributed by atoms with E-state index in [2.05, 4.69) is 24.6 Å². The molecule has 8 nitrogen and oxygen atoms in total. The first-order chi connectivity index (χ1) is 13.4. The predicted molar refractivity (Wildman–Crippen MR) is 109 cm³/mol. The van der Waals surface area contributed by atoms with Crippen LogP contribution in [0, 0.1) is 0 Å². The fourth-order valence-electron chi connectivity index (χ4n) is 3.13. The van der Waals surface area contributed by atoms with Gasteiger partial charge in [-0.25, -0.2) is 23.4 Å². The van der Waals surface area contributed by atoms with Crippen LogP contribution in [0.15, 0.2) is 36.8 Å². The SMILES string of the molecule is CS(=O)(=O)Nc1cc(-c2ccc3ncnc(N4CCOCC4)c3c2)cnc1Cl. The predicted octanol–water partition coefficient (Wildman–Crippen LogP) is 2.55. The third-order valence-corrected chi connectivity index (χ3v) is 5.28. The first-order valence-corrected chi connectivity index (χ1v) is 10.9. The highest BCUT2D eigenvalue weighted by Crippen LogP contribution is 2.31. The first kappa shape index (κ1) is 18.9. The molecular formula is C18H18ClN5O3S. The second-order valence-corrected chi connectivity index (χ2v) is 8.57. The summed E-state index contributed by atoms with van der Waals surface area (Å²) in [6, 6.07) is 7.47. The smallest absolute Gasteiger partial charge is 0.229 e. The molecule has 1 fully saturated rings. The van der Waals surface area contributed by atoms with E-state index in [9.17, 15) is 8.42 Å². The lowest BCUT2D eigenvalue weighted by Gasteiger charge is -2.28. The zero-order chi connectivity index (χ0) is 19.7. The van der Waals surface area contributed by atoms with Gasteiger partial charge in [-0.3, -0.25) is 4.72 Å².